The molecule has 0 N–H and O–H groups in total. The molecule has 0 aliphatic heterocycles. The van der Waals surface area contributed by atoms with Crippen LogP contribution in [0, 0.1) is 5.41 Å². The highest BCUT2D eigenvalue weighted by atomic mass is 14.2. The van der Waals surface area contributed by atoms with Crippen LogP contribution in [-0.4, -0.2) is 0 Å². The molecule has 0 saturated carbocycles. The van der Waals surface area contributed by atoms with E-state index in [1.54, 1.807) is 5.57 Å². The molecular formula is C13H22. The van der Waals surface area contributed by atoms with Crippen molar-refractivity contribution in [3.8, 4) is 0 Å². The maximum atomic E-state index is 3.92. The fourth-order valence-electron chi connectivity index (χ4n) is 1.91. The summed E-state index contributed by atoms with van der Waals surface area (Å²) in [5, 5.41) is 0. The van der Waals surface area contributed by atoms with Gasteiger partial charge in [0.2, 0.25) is 0 Å². The van der Waals surface area contributed by atoms with Crippen LogP contribution in [0.3, 0.4) is 0 Å². The molecule has 1 aliphatic carbocycles. The van der Waals surface area contributed by atoms with Crippen LogP contribution in [0.4, 0.5) is 0 Å². The van der Waals surface area contributed by atoms with Crippen LogP contribution in [0.2, 0.25) is 0 Å². The molecule has 1 aliphatic rings. The summed E-state index contributed by atoms with van der Waals surface area (Å²) in [5.41, 5.74) is 1.82. The van der Waals surface area contributed by atoms with Gasteiger partial charge in [0.1, 0.15) is 0 Å². The minimum absolute atomic E-state index is 0.220. The summed E-state index contributed by atoms with van der Waals surface area (Å²) in [4.78, 5) is 0. The van der Waals surface area contributed by atoms with Crippen molar-refractivity contribution in [1.82, 2.24) is 0 Å². The Kier molecular flexibility index (Phi) is 3.77. The van der Waals surface area contributed by atoms with Crippen LogP contribution in [-0.2, 0) is 0 Å². The molecular weight excluding hydrogens is 156 g/mol. The lowest BCUT2D eigenvalue weighted by molar-refractivity contribution is 0.514. The summed E-state index contributed by atoms with van der Waals surface area (Å²) in [7, 11) is 0. The van der Waals surface area contributed by atoms with Crippen LogP contribution < -0.4 is 0 Å². The number of hydrogen-bond acceptors (Lipinski definition) is 0. The molecule has 0 saturated heterocycles. The normalized spacial score (nSPS) is 24.0. The molecule has 74 valence electrons. The van der Waals surface area contributed by atoms with Crippen molar-refractivity contribution in [2.45, 2.75) is 52.4 Å². The quantitative estimate of drug-likeness (QED) is 0.547. The van der Waals surface area contributed by atoms with Gasteiger partial charge in [0.05, 0.1) is 0 Å². The fraction of sp³-hybridized carbons (Fsp3) is 0.692. The molecule has 0 radical (unpaired) electrons. The van der Waals surface area contributed by atoms with E-state index < -0.39 is 0 Å². The Hall–Kier alpha value is -0.520. The molecule has 1 rings (SSSR count). The maximum Gasteiger partial charge on any atom is 0.00315 e. The van der Waals surface area contributed by atoms with Crippen LogP contribution in [0.25, 0.3) is 0 Å². The lowest BCUT2D eigenvalue weighted by Crippen LogP contribution is -2.12. The zero-order chi connectivity index (χ0) is 9.73. The van der Waals surface area contributed by atoms with Crippen LogP contribution in [0.15, 0.2) is 24.3 Å². The van der Waals surface area contributed by atoms with Gasteiger partial charge in [-0.15, -0.1) is 6.58 Å². The molecule has 0 nitrogen and oxygen atoms in total. The molecule has 0 heteroatoms. The van der Waals surface area contributed by atoms with Gasteiger partial charge >= 0.3 is 0 Å². The molecule has 13 heavy (non-hydrogen) atoms. The van der Waals surface area contributed by atoms with Gasteiger partial charge in [-0.05, 0) is 25.7 Å². The van der Waals surface area contributed by atoms with E-state index in [2.05, 4.69) is 32.6 Å². The van der Waals surface area contributed by atoms with Crippen molar-refractivity contribution >= 4 is 0 Å². The number of allylic oxidation sites excluding steroid dienone is 3. The summed E-state index contributed by atoms with van der Waals surface area (Å²) in [6, 6.07) is 0. The van der Waals surface area contributed by atoms with Gasteiger partial charge in [-0.3, -0.25) is 0 Å². The predicted octanol–water partition coefficient (Wildman–Crippen LogP) is 4.48. The topological polar surface area (TPSA) is 0 Å². The Balaban J connectivity index is 2.69. The van der Waals surface area contributed by atoms with E-state index in [0.29, 0.717) is 0 Å². The van der Waals surface area contributed by atoms with Crippen molar-refractivity contribution in [1.29, 1.82) is 0 Å². The Labute approximate surface area is 82.7 Å². The first kappa shape index (κ1) is 10.6. The average molecular weight is 178 g/mol. The molecule has 0 aromatic carbocycles. The van der Waals surface area contributed by atoms with Gasteiger partial charge in [-0.2, -0.15) is 0 Å². The lowest BCUT2D eigenvalue weighted by Gasteiger charge is -2.25. The zero-order valence-corrected chi connectivity index (χ0v) is 9.10. The molecule has 0 bridgehead atoms. The minimum atomic E-state index is 0.220. The van der Waals surface area contributed by atoms with Gasteiger partial charge in [-0.1, -0.05) is 44.4 Å². The molecule has 0 atom stereocenters. The first-order valence-electron chi connectivity index (χ1n) is 5.50. The SMILES string of the molecule is C=CC(C)(C)/C1=C/CCCCCC1. The summed E-state index contributed by atoms with van der Waals surface area (Å²) < 4.78 is 0. The van der Waals surface area contributed by atoms with E-state index in [0.717, 1.165) is 0 Å². The molecule has 0 aromatic heterocycles. The Morgan fingerprint density at radius 1 is 1.23 bits per heavy atom. The van der Waals surface area contributed by atoms with E-state index in [-0.39, 0.29) is 5.41 Å². The monoisotopic (exact) mass is 178 g/mol. The standard InChI is InChI=1S/C13H22/c1-4-13(2,3)12-10-8-6-5-7-9-11-12/h4,10H,1,5-9,11H2,2-3H3/b12-10+. The van der Waals surface area contributed by atoms with Crippen LogP contribution in [0.5, 0.6) is 0 Å². The third kappa shape index (κ3) is 3.02. The van der Waals surface area contributed by atoms with Gasteiger partial charge in [-0.25, -0.2) is 0 Å². The van der Waals surface area contributed by atoms with Crippen LogP contribution >= 0.6 is 0 Å². The molecule has 0 fully saturated rings. The molecule has 0 heterocycles. The van der Waals surface area contributed by atoms with E-state index in [4.69, 9.17) is 0 Å². The summed E-state index contributed by atoms with van der Waals surface area (Å²) >= 11 is 0. The second-order valence-electron chi connectivity index (χ2n) is 4.61. The van der Waals surface area contributed by atoms with Gasteiger partial charge in [0.15, 0.2) is 0 Å². The Morgan fingerprint density at radius 2 is 1.92 bits per heavy atom. The molecule has 0 spiro atoms. The van der Waals surface area contributed by atoms with Crippen molar-refractivity contribution in [2.24, 2.45) is 5.41 Å². The second kappa shape index (κ2) is 4.64. The lowest BCUT2D eigenvalue weighted by atomic mass is 9.80. The summed E-state index contributed by atoms with van der Waals surface area (Å²) in [6.45, 7) is 8.46. The highest BCUT2D eigenvalue weighted by Crippen LogP contribution is 2.33. The minimum Gasteiger partial charge on any atom is -0.102 e. The van der Waals surface area contributed by atoms with Gasteiger partial charge in [0.25, 0.3) is 0 Å². The summed E-state index contributed by atoms with van der Waals surface area (Å²) in [5.74, 6) is 0. The number of rotatable bonds is 2. The molecule has 0 amide bonds. The largest absolute Gasteiger partial charge is 0.102 e. The first-order valence-corrected chi connectivity index (χ1v) is 5.50. The van der Waals surface area contributed by atoms with E-state index in [9.17, 15) is 0 Å². The first-order chi connectivity index (χ1) is 6.17. The van der Waals surface area contributed by atoms with Crippen molar-refractivity contribution in [3.63, 3.8) is 0 Å². The Morgan fingerprint density at radius 3 is 2.62 bits per heavy atom. The Bertz CT molecular complexity index is 196. The smallest absolute Gasteiger partial charge is 0.00315 e. The summed E-state index contributed by atoms with van der Waals surface area (Å²) in [6.07, 6.45) is 12.6. The third-order valence-electron chi connectivity index (χ3n) is 3.13. The fourth-order valence-corrected chi connectivity index (χ4v) is 1.91. The van der Waals surface area contributed by atoms with Gasteiger partial charge < -0.3 is 0 Å². The van der Waals surface area contributed by atoms with E-state index >= 15 is 0 Å². The predicted molar refractivity (Wildman–Crippen MR) is 59.8 cm³/mol. The second-order valence-corrected chi connectivity index (χ2v) is 4.61. The third-order valence-corrected chi connectivity index (χ3v) is 3.13. The maximum absolute atomic E-state index is 3.92. The highest BCUT2D eigenvalue weighted by Gasteiger charge is 2.18. The van der Waals surface area contributed by atoms with E-state index in [1.807, 2.05) is 0 Å². The highest BCUT2D eigenvalue weighted by molar-refractivity contribution is 5.18. The van der Waals surface area contributed by atoms with E-state index in [1.165, 1.54) is 38.5 Å². The van der Waals surface area contributed by atoms with Crippen molar-refractivity contribution in [2.75, 3.05) is 0 Å². The van der Waals surface area contributed by atoms with Crippen molar-refractivity contribution < 1.29 is 0 Å². The van der Waals surface area contributed by atoms with Crippen LogP contribution in [0.1, 0.15) is 52.4 Å². The number of hydrogen-bond donors (Lipinski definition) is 0. The molecule has 0 unspecified atom stereocenters. The zero-order valence-electron chi connectivity index (χ0n) is 9.10. The van der Waals surface area contributed by atoms with Gasteiger partial charge in [0, 0.05) is 5.41 Å². The van der Waals surface area contributed by atoms with Crippen molar-refractivity contribution in [3.05, 3.63) is 24.3 Å². The molecule has 0 aromatic rings. The average Bonchev–Trinajstić information content (AvgIpc) is 2.03.